The fourth-order valence-electron chi connectivity index (χ4n) is 3.61. The van der Waals surface area contributed by atoms with Crippen molar-refractivity contribution in [2.75, 3.05) is 11.0 Å². The van der Waals surface area contributed by atoms with Gasteiger partial charge in [-0.05, 0) is 60.4 Å². The minimum absolute atomic E-state index is 0.520. The molecule has 0 aliphatic rings. The van der Waals surface area contributed by atoms with Crippen molar-refractivity contribution in [3.63, 3.8) is 0 Å². The topological polar surface area (TPSA) is 64.0 Å². The number of fused-ring (bicyclic) bond motifs is 1. The van der Waals surface area contributed by atoms with Gasteiger partial charge in [-0.1, -0.05) is 60.1 Å². The predicted octanol–water partition coefficient (Wildman–Crippen LogP) is 5.90. The molecule has 4 rings (SSSR count). The number of nitrogens with one attached hydrogen (secondary N) is 1. The van der Waals surface area contributed by atoms with Gasteiger partial charge in [0, 0.05) is 11.6 Å². The third-order valence-corrected chi connectivity index (χ3v) is 6.19. The van der Waals surface area contributed by atoms with Crippen LogP contribution in [0.1, 0.15) is 28.1 Å². The molecule has 0 bridgehead atoms. The first-order chi connectivity index (χ1) is 15.2. The van der Waals surface area contributed by atoms with Crippen LogP contribution in [-0.4, -0.2) is 24.2 Å². The standard InChI is InChI=1S/C25H24ClN3O2S/c1-17-15-22-25(24(18(17)2)28-32(3,30)31)27-23(14-11-19-7-5-4-6-8-19)29(22)16-20-9-12-21(26)13-10-20/h4-15,28H,16H2,1-3H3/b14-11+. The van der Waals surface area contributed by atoms with Crippen LogP contribution in [0.4, 0.5) is 5.69 Å². The second-order valence-electron chi connectivity index (χ2n) is 7.86. The summed E-state index contributed by atoms with van der Waals surface area (Å²) >= 11 is 6.06. The zero-order valence-electron chi connectivity index (χ0n) is 18.1. The van der Waals surface area contributed by atoms with E-state index >= 15 is 0 Å². The summed E-state index contributed by atoms with van der Waals surface area (Å²) in [7, 11) is -3.46. The molecule has 5 nitrogen and oxygen atoms in total. The zero-order chi connectivity index (χ0) is 22.9. The van der Waals surface area contributed by atoms with Gasteiger partial charge in [-0.2, -0.15) is 0 Å². The van der Waals surface area contributed by atoms with Gasteiger partial charge in [0.2, 0.25) is 10.0 Å². The second kappa shape index (κ2) is 8.81. The van der Waals surface area contributed by atoms with E-state index in [1.807, 2.05) is 80.6 Å². The SMILES string of the molecule is Cc1cc2c(nc(/C=C/c3ccccc3)n2Cc2ccc(Cl)cc2)c(NS(C)(=O)=O)c1C. The van der Waals surface area contributed by atoms with Crippen LogP contribution >= 0.6 is 11.6 Å². The number of benzene rings is 3. The fourth-order valence-corrected chi connectivity index (χ4v) is 4.36. The van der Waals surface area contributed by atoms with Crippen LogP contribution in [0.2, 0.25) is 5.02 Å². The third kappa shape index (κ3) is 4.87. The summed E-state index contributed by atoms with van der Waals surface area (Å²) in [6.45, 7) is 4.45. The molecule has 32 heavy (non-hydrogen) atoms. The predicted molar refractivity (Wildman–Crippen MR) is 134 cm³/mol. The first-order valence-electron chi connectivity index (χ1n) is 10.2. The Labute approximate surface area is 193 Å². The highest BCUT2D eigenvalue weighted by Crippen LogP contribution is 2.32. The molecule has 3 aromatic carbocycles. The minimum atomic E-state index is -3.46. The number of sulfonamides is 1. The Morgan fingerprint density at radius 2 is 1.72 bits per heavy atom. The van der Waals surface area contributed by atoms with Crippen LogP contribution in [-0.2, 0) is 16.6 Å². The van der Waals surface area contributed by atoms with Gasteiger partial charge >= 0.3 is 0 Å². The number of aryl methyl sites for hydroxylation is 1. The normalized spacial score (nSPS) is 12.0. The number of halogens is 1. The Morgan fingerprint density at radius 3 is 2.38 bits per heavy atom. The molecular weight excluding hydrogens is 442 g/mol. The number of hydrogen-bond acceptors (Lipinski definition) is 3. The van der Waals surface area contributed by atoms with Crippen LogP contribution in [0, 0.1) is 13.8 Å². The monoisotopic (exact) mass is 465 g/mol. The Hall–Kier alpha value is -3.09. The maximum Gasteiger partial charge on any atom is 0.229 e. The Kier molecular flexibility index (Phi) is 6.09. The summed E-state index contributed by atoms with van der Waals surface area (Å²) < 4.78 is 28.9. The molecule has 0 radical (unpaired) electrons. The van der Waals surface area contributed by atoms with Crippen molar-refractivity contribution in [1.29, 1.82) is 0 Å². The molecule has 7 heteroatoms. The van der Waals surface area contributed by atoms with Crippen LogP contribution in [0.5, 0.6) is 0 Å². The van der Waals surface area contributed by atoms with Crippen LogP contribution < -0.4 is 4.72 Å². The molecule has 0 fully saturated rings. The lowest BCUT2D eigenvalue weighted by molar-refractivity contribution is 0.607. The van der Waals surface area contributed by atoms with E-state index < -0.39 is 10.0 Å². The lowest BCUT2D eigenvalue weighted by Gasteiger charge is -2.13. The fraction of sp³-hybridized carbons (Fsp3) is 0.160. The van der Waals surface area contributed by atoms with Crippen molar-refractivity contribution in [2.45, 2.75) is 20.4 Å². The maximum atomic E-state index is 12.1. The van der Waals surface area contributed by atoms with Crippen LogP contribution in [0.3, 0.4) is 0 Å². The molecule has 0 unspecified atom stereocenters. The van der Waals surface area contributed by atoms with Gasteiger partial charge in [-0.25, -0.2) is 13.4 Å². The van der Waals surface area contributed by atoms with Gasteiger partial charge in [0.1, 0.15) is 11.3 Å². The van der Waals surface area contributed by atoms with Gasteiger partial charge in [0.15, 0.2) is 0 Å². The number of nitrogens with zero attached hydrogens (tertiary/aromatic N) is 2. The van der Waals surface area contributed by atoms with E-state index in [-0.39, 0.29) is 0 Å². The van der Waals surface area contributed by atoms with Gasteiger partial charge in [-0.3, -0.25) is 4.72 Å². The summed E-state index contributed by atoms with van der Waals surface area (Å²) in [5.41, 5.74) is 5.98. The summed E-state index contributed by atoms with van der Waals surface area (Å²) in [5, 5.41) is 0.680. The van der Waals surface area contributed by atoms with Crippen molar-refractivity contribution >= 4 is 50.5 Å². The second-order valence-corrected chi connectivity index (χ2v) is 10.0. The van der Waals surface area contributed by atoms with Crippen LogP contribution in [0.25, 0.3) is 23.2 Å². The molecule has 0 atom stereocenters. The molecule has 0 aliphatic carbocycles. The number of aromatic nitrogens is 2. The zero-order valence-corrected chi connectivity index (χ0v) is 19.7. The lowest BCUT2D eigenvalue weighted by atomic mass is 10.1. The highest BCUT2D eigenvalue weighted by Gasteiger charge is 2.18. The minimum Gasteiger partial charge on any atom is -0.320 e. The van der Waals surface area contributed by atoms with Crippen LogP contribution in [0.15, 0.2) is 60.7 Å². The average Bonchev–Trinajstić information content (AvgIpc) is 3.08. The molecule has 164 valence electrons. The van der Waals surface area contributed by atoms with Crippen molar-refractivity contribution in [3.05, 3.63) is 93.8 Å². The molecule has 0 saturated heterocycles. The summed E-state index contributed by atoms with van der Waals surface area (Å²) in [4.78, 5) is 4.85. The Morgan fingerprint density at radius 1 is 1.03 bits per heavy atom. The molecule has 0 amide bonds. The van der Waals surface area contributed by atoms with E-state index in [2.05, 4.69) is 15.4 Å². The van der Waals surface area contributed by atoms with E-state index in [0.717, 1.165) is 39.9 Å². The molecule has 1 N–H and O–H groups in total. The molecular formula is C25H24ClN3O2S. The van der Waals surface area contributed by atoms with Crippen molar-refractivity contribution < 1.29 is 8.42 Å². The summed E-state index contributed by atoms with van der Waals surface area (Å²) in [5.74, 6) is 0.736. The maximum absolute atomic E-state index is 12.1. The lowest BCUT2D eigenvalue weighted by Crippen LogP contribution is -2.11. The number of rotatable bonds is 6. The van der Waals surface area contributed by atoms with Crippen molar-refractivity contribution in [3.8, 4) is 0 Å². The van der Waals surface area contributed by atoms with E-state index in [4.69, 9.17) is 16.6 Å². The largest absolute Gasteiger partial charge is 0.320 e. The quantitative estimate of drug-likeness (QED) is 0.385. The summed E-state index contributed by atoms with van der Waals surface area (Å²) in [6.07, 6.45) is 5.12. The van der Waals surface area contributed by atoms with Crippen molar-refractivity contribution in [2.24, 2.45) is 0 Å². The van der Waals surface area contributed by atoms with E-state index in [1.54, 1.807) is 0 Å². The number of anilines is 1. The van der Waals surface area contributed by atoms with Gasteiger partial charge in [0.05, 0.1) is 17.5 Å². The highest BCUT2D eigenvalue weighted by molar-refractivity contribution is 7.92. The molecule has 1 aromatic heterocycles. The first kappa shape index (κ1) is 22.1. The van der Waals surface area contributed by atoms with E-state index in [9.17, 15) is 8.42 Å². The Bertz CT molecular complexity index is 1410. The molecule has 0 saturated carbocycles. The van der Waals surface area contributed by atoms with E-state index in [1.165, 1.54) is 0 Å². The average molecular weight is 466 g/mol. The van der Waals surface area contributed by atoms with E-state index in [0.29, 0.717) is 22.8 Å². The van der Waals surface area contributed by atoms with Gasteiger partial charge < -0.3 is 4.57 Å². The number of hydrogen-bond donors (Lipinski definition) is 1. The molecule has 1 heterocycles. The molecule has 4 aromatic rings. The molecule has 0 spiro atoms. The first-order valence-corrected chi connectivity index (χ1v) is 12.4. The smallest absolute Gasteiger partial charge is 0.229 e. The highest BCUT2D eigenvalue weighted by atomic mass is 35.5. The molecule has 0 aliphatic heterocycles. The van der Waals surface area contributed by atoms with Gasteiger partial charge in [0.25, 0.3) is 0 Å². The number of imidazole rings is 1. The third-order valence-electron chi connectivity index (χ3n) is 5.36. The summed E-state index contributed by atoms with van der Waals surface area (Å²) in [6, 6.07) is 19.7. The Balaban J connectivity index is 1.92. The van der Waals surface area contributed by atoms with Gasteiger partial charge in [-0.15, -0.1) is 0 Å². The van der Waals surface area contributed by atoms with Crippen molar-refractivity contribution in [1.82, 2.24) is 9.55 Å².